The Morgan fingerprint density at radius 2 is 2.08 bits per heavy atom. The second-order valence-corrected chi connectivity index (χ2v) is 6.82. The number of aryl methyl sites for hydroxylation is 2. The topological polar surface area (TPSA) is 68.5 Å². The highest BCUT2D eigenvalue weighted by Gasteiger charge is 2.13. The molecule has 0 aliphatic rings. The molecule has 26 heavy (non-hydrogen) atoms. The van der Waals surface area contributed by atoms with Crippen molar-refractivity contribution < 1.29 is 9.53 Å². The van der Waals surface area contributed by atoms with Gasteiger partial charge in [-0.3, -0.25) is 4.79 Å². The monoisotopic (exact) mass is 364 g/mol. The SMILES string of the molecule is Cc1cccc(Oc2ccc3nc(NC(=O)c4sccc4C)cn3n2)c1. The number of hydrogen-bond donors (Lipinski definition) is 1. The van der Waals surface area contributed by atoms with Crippen LogP contribution >= 0.6 is 11.3 Å². The van der Waals surface area contributed by atoms with Crippen molar-refractivity contribution in [3.63, 3.8) is 0 Å². The first-order valence-electron chi connectivity index (χ1n) is 8.05. The maximum atomic E-state index is 12.3. The molecule has 6 nitrogen and oxygen atoms in total. The zero-order chi connectivity index (χ0) is 18.1. The molecule has 3 heterocycles. The second-order valence-electron chi connectivity index (χ2n) is 5.91. The minimum absolute atomic E-state index is 0.169. The fourth-order valence-electron chi connectivity index (χ4n) is 2.56. The van der Waals surface area contributed by atoms with Crippen LogP contribution < -0.4 is 10.1 Å². The second kappa shape index (κ2) is 6.61. The Labute approximate surface area is 154 Å². The number of imidazole rings is 1. The van der Waals surface area contributed by atoms with E-state index in [1.807, 2.05) is 49.6 Å². The van der Waals surface area contributed by atoms with E-state index >= 15 is 0 Å². The van der Waals surface area contributed by atoms with Gasteiger partial charge in [-0.2, -0.15) is 0 Å². The lowest BCUT2D eigenvalue weighted by atomic mass is 10.2. The Balaban J connectivity index is 1.56. The quantitative estimate of drug-likeness (QED) is 0.581. The highest BCUT2D eigenvalue weighted by Crippen LogP contribution is 2.22. The molecule has 0 saturated carbocycles. The van der Waals surface area contributed by atoms with E-state index in [0.29, 0.717) is 22.2 Å². The third kappa shape index (κ3) is 3.29. The summed E-state index contributed by atoms with van der Waals surface area (Å²) >= 11 is 1.41. The van der Waals surface area contributed by atoms with Crippen LogP contribution in [0.3, 0.4) is 0 Å². The van der Waals surface area contributed by atoms with Crippen molar-refractivity contribution in [3.8, 4) is 11.6 Å². The number of fused-ring (bicyclic) bond motifs is 1. The molecular weight excluding hydrogens is 348 g/mol. The highest BCUT2D eigenvalue weighted by atomic mass is 32.1. The minimum Gasteiger partial charge on any atom is -0.438 e. The van der Waals surface area contributed by atoms with Gasteiger partial charge < -0.3 is 10.1 Å². The van der Waals surface area contributed by atoms with Crippen LogP contribution in [0.1, 0.15) is 20.8 Å². The molecule has 0 atom stereocenters. The van der Waals surface area contributed by atoms with Crippen LogP contribution in [0.15, 0.2) is 54.0 Å². The Morgan fingerprint density at radius 1 is 1.19 bits per heavy atom. The van der Waals surface area contributed by atoms with Crippen molar-refractivity contribution in [2.75, 3.05) is 5.32 Å². The maximum absolute atomic E-state index is 12.3. The molecule has 0 spiro atoms. The molecule has 0 aliphatic heterocycles. The number of nitrogens with zero attached hydrogens (tertiary/aromatic N) is 3. The number of rotatable bonds is 4. The van der Waals surface area contributed by atoms with Crippen molar-refractivity contribution in [1.29, 1.82) is 0 Å². The molecule has 1 amide bonds. The predicted octanol–water partition coefficient (Wildman–Crippen LogP) is 4.45. The molecule has 4 aromatic rings. The molecule has 0 bridgehead atoms. The summed E-state index contributed by atoms with van der Waals surface area (Å²) in [5, 5.41) is 9.09. The van der Waals surface area contributed by atoms with E-state index in [4.69, 9.17) is 4.74 Å². The first kappa shape index (κ1) is 16.3. The molecule has 1 aromatic carbocycles. The molecule has 4 rings (SSSR count). The predicted molar refractivity (Wildman–Crippen MR) is 101 cm³/mol. The van der Waals surface area contributed by atoms with Gasteiger partial charge >= 0.3 is 0 Å². The van der Waals surface area contributed by atoms with Gasteiger partial charge in [0.2, 0.25) is 5.88 Å². The Bertz CT molecular complexity index is 1100. The number of aromatic nitrogens is 3. The number of anilines is 1. The third-order valence-corrected chi connectivity index (χ3v) is 4.83. The summed E-state index contributed by atoms with van der Waals surface area (Å²) < 4.78 is 7.37. The molecule has 0 saturated heterocycles. The lowest BCUT2D eigenvalue weighted by Crippen LogP contribution is -2.11. The van der Waals surface area contributed by atoms with E-state index in [1.54, 1.807) is 22.8 Å². The van der Waals surface area contributed by atoms with Gasteiger partial charge in [0.25, 0.3) is 5.91 Å². The highest BCUT2D eigenvalue weighted by molar-refractivity contribution is 7.12. The van der Waals surface area contributed by atoms with Crippen molar-refractivity contribution >= 4 is 28.7 Å². The van der Waals surface area contributed by atoms with Gasteiger partial charge in [-0.05, 0) is 54.6 Å². The van der Waals surface area contributed by atoms with Crippen molar-refractivity contribution in [2.45, 2.75) is 13.8 Å². The number of carbonyl (C=O) groups is 1. The summed E-state index contributed by atoms with van der Waals surface area (Å²) in [6.07, 6.45) is 1.67. The number of carbonyl (C=O) groups excluding carboxylic acids is 1. The standard InChI is InChI=1S/C19H16N4O2S/c1-12-4-3-5-14(10-12)25-17-7-6-16-20-15(11-23(16)22-17)21-19(24)18-13(2)8-9-26-18/h3-11H,1-2H3,(H,21,24). The Kier molecular flexibility index (Phi) is 4.14. The van der Waals surface area contributed by atoms with Gasteiger partial charge in [0.05, 0.1) is 11.1 Å². The van der Waals surface area contributed by atoms with Gasteiger partial charge in [-0.1, -0.05) is 12.1 Å². The fourth-order valence-corrected chi connectivity index (χ4v) is 3.38. The van der Waals surface area contributed by atoms with Crippen LogP contribution in [0.25, 0.3) is 5.65 Å². The van der Waals surface area contributed by atoms with Crippen LogP contribution in [0.5, 0.6) is 11.6 Å². The van der Waals surface area contributed by atoms with Crippen molar-refractivity contribution in [2.24, 2.45) is 0 Å². The van der Waals surface area contributed by atoms with Gasteiger partial charge in [0.1, 0.15) is 5.75 Å². The molecule has 7 heteroatoms. The largest absolute Gasteiger partial charge is 0.438 e. The van der Waals surface area contributed by atoms with Crippen LogP contribution in [0.4, 0.5) is 5.82 Å². The Morgan fingerprint density at radius 3 is 2.85 bits per heavy atom. The molecule has 0 aliphatic carbocycles. The van der Waals surface area contributed by atoms with Crippen molar-refractivity contribution in [3.05, 3.63) is 70.0 Å². The molecule has 1 N–H and O–H groups in total. The van der Waals surface area contributed by atoms with Crippen molar-refractivity contribution in [1.82, 2.24) is 14.6 Å². The lowest BCUT2D eigenvalue weighted by molar-refractivity contribution is 0.102. The summed E-state index contributed by atoms with van der Waals surface area (Å²) in [7, 11) is 0. The van der Waals surface area contributed by atoms with Gasteiger partial charge in [-0.15, -0.1) is 16.4 Å². The first-order valence-corrected chi connectivity index (χ1v) is 8.93. The molecule has 0 fully saturated rings. The average Bonchev–Trinajstić information content (AvgIpc) is 3.20. The lowest BCUT2D eigenvalue weighted by Gasteiger charge is -2.05. The molecule has 0 unspecified atom stereocenters. The van der Waals surface area contributed by atoms with Crippen LogP contribution in [0, 0.1) is 13.8 Å². The number of benzene rings is 1. The molecular formula is C19H16N4O2S. The summed E-state index contributed by atoms with van der Waals surface area (Å²) in [6, 6.07) is 13.2. The van der Waals surface area contributed by atoms with Gasteiger partial charge in [-0.25, -0.2) is 9.50 Å². The minimum atomic E-state index is -0.169. The smallest absolute Gasteiger partial charge is 0.267 e. The summed E-state index contributed by atoms with van der Waals surface area (Å²) in [4.78, 5) is 17.4. The van der Waals surface area contributed by atoms with Crippen LogP contribution in [-0.2, 0) is 0 Å². The summed E-state index contributed by atoms with van der Waals surface area (Å²) in [5.74, 6) is 1.45. The van der Waals surface area contributed by atoms with E-state index in [0.717, 1.165) is 16.9 Å². The summed E-state index contributed by atoms with van der Waals surface area (Å²) in [6.45, 7) is 3.91. The molecule has 0 radical (unpaired) electrons. The normalized spacial score (nSPS) is 10.8. The van der Waals surface area contributed by atoms with Crippen LogP contribution in [0.2, 0.25) is 0 Å². The zero-order valence-electron chi connectivity index (χ0n) is 14.3. The van der Waals surface area contributed by atoms with E-state index in [2.05, 4.69) is 15.4 Å². The first-order chi connectivity index (χ1) is 12.6. The number of hydrogen-bond acceptors (Lipinski definition) is 5. The van der Waals surface area contributed by atoms with Gasteiger partial charge in [0, 0.05) is 6.07 Å². The van der Waals surface area contributed by atoms with E-state index in [9.17, 15) is 4.79 Å². The third-order valence-electron chi connectivity index (χ3n) is 3.82. The number of thiophene rings is 1. The Hall–Kier alpha value is -3.19. The molecule has 3 aromatic heterocycles. The van der Waals surface area contributed by atoms with Crippen LogP contribution in [-0.4, -0.2) is 20.5 Å². The zero-order valence-corrected chi connectivity index (χ0v) is 15.1. The summed E-state index contributed by atoms with van der Waals surface area (Å²) in [5.41, 5.74) is 2.68. The number of ether oxygens (including phenoxy) is 1. The number of nitrogens with one attached hydrogen (secondary N) is 1. The van der Waals surface area contributed by atoms with Gasteiger partial charge in [0.15, 0.2) is 11.5 Å². The fraction of sp³-hybridized carbons (Fsp3) is 0.105. The average molecular weight is 364 g/mol. The number of amides is 1. The van der Waals surface area contributed by atoms with E-state index in [-0.39, 0.29) is 5.91 Å². The maximum Gasteiger partial charge on any atom is 0.267 e. The van der Waals surface area contributed by atoms with E-state index in [1.165, 1.54) is 11.3 Å². The molecule has 130 valence electrons. The van der Waals surface area contributed by atoms with E-state index < -0.39 is 0 Å².